The van der Waals surface area contributed by atoms with Gasteiger partial charge in [-0.05, 0) is 57.6 Å². The molecule has 1 fully saturated rings. The molecule has 3 atom stereocenters. The first-order valence-electron chi connectivity index (χ1n) is 13.5. The van der Waals surface area contributed by atoms with Crippen LogP contribution in [-0.2, 0) is 16.0 Å². The molecule has 2 aliphatic heterocycles. The number of aliphatic carboxylic acids is 1. The molecule has 38 heavy (non-hydrogen) atoms. The lowest BCUT2D eigenvalue weighted by molar-refractivity contribution is -0.143. The van der Waals surface area contributed by atoms with Crippen molar-refractivity contribution in [3.63, 3.8) is 0 Å². The zero-order chi connectivity index (χ0) is 27.1. The molecule has 2 aliphatic rings. The number of carbonyl (C=O) groups excluding carboxylic acids is 1. The smallest absolute Gasteiger partial charge is 0.308 e. The Bertz CT molecular complexity index is 1060. The predicted octanol–water partition coefficient (Wildman–Crippen LogP) is 3.09. The van der Waals surface area contributed by atoms with Crippen molar-refractivity contribution in [1.29, 1.82) is 0 Å². The van der Waals surface area contributed by atoms with Crippen molar-refractivity contribution in [2.75, 3.05) is 53.6 Å². The molecular formula is C28H40N4O6. The maximum atomic E-state index is 13.6. The molecule has 0 spiro atoms. The maximum absolute atomic E-state index is 13.6. The van der Waals surface area contributed by atoms with E-state index >= 15 is 0 Å². The molecule has 0 aliphatic carbocycles. The lowest BCUT2D eigenvalue weighted by Gasteiger charge is -2.30. The Morgan fingerprint density at radius 2 is 1.92 bits per heavy atom. The highest BCUT2D eigenvalue weighted by Gasteiger charge is 2.47. The van der Waals surface area contributed by atoms with Crippen molar-refractivity contribution in [2.45, 2.75) is 51.0 Å². The molecule has 0 bridgehead atoms. The summed E-state index contributed by atoms with van der Waals surface area (Å²) in [5.74, 6) is 0.0699. The van der Waals surface area contributed by atoms with Crippen LogP contribution in [0, 0.1) is 5.92 Å². The van der Waals surface area contributed by atoms with E-state index in [0.717, 1.165) is 31.4 Å². The molecule has 0 unspecified atom stereocenters. The van der Waals surface area contributed by atoms with E-state index in [1.165, 1.54) is 6.26 Å². The number of oxazole rings is 1. The van der Waals surface area contributed by atoms with Gasteiger partial charge in [0.15, 0.2) is 17.4 Å². The van der Waals surface area contributed by atoms with Gasteiger partial charge in [0.05, 0.1) is 18.7 Å². The fourth-order valence-electron chi connectivity index (χ4n) is 5.54. The van der Waals surface area contributed by atoms with Gasteiger partial charge < -0.3 is 28.8 Å². The van der Waals surface area contributed by atoms with Crippen LogP contribution in [0.5, 0.6) is 11.5 Å². The number of aromatic nitrogens is 1. The quantitative estimate of drug-likeness (QED) is 0.396. The first-order chi connectivity index (χ1) is 18.4. The van der Waals surface area contributed by atoms with Crippen LogP contribution in [0.1, 0.15) is 50.0 Å². The van der Waals surface area contributed by atoms with Gasteiger partial charge in [-0.25, -0.2) is 4.98 Å². The van der Waals surface area contributed by atoms with Crippen LogP contribution in [0.15, 0.2) is 35.1 Å². The summed E-state index contributed by atoms with van der Waals surface area (Å²) in [6.07, 6.45) is 6.99. The summed E-state index contributed by atoms with van der Waals surface area (Å²) in [5.41, 5.74) is 0.881. The second-order valence-electron chi connectivity index (χ2n) is 10.4. The molecule has 1 saturated heterocycles. The highest BCUT2D eigenvalue weighted by Crippen LogP contribution is 2.43. The highest BCUT2D eigenvalue weighted by molar-refractivity contribution is 5.79. The van der Waals surface area contributed by atoms with Crippen molar-refractivity contribution >= 4 is 11.9 Å². The van der Waals surface area contributed by atoms with E-state index in [-0.39, 0.29) is 31.2 Å². The molecule has 1 amide bonds. The Balaban J connectivity index is 1.55. The topological polar surface area (TPSA) is 109 Å². The second-order valence-corrected chi connectivity index (χ2v) is 10.4. The number of aryl methyl sites for hydroxylation is 1. The largest absolute Gasteiger partial charge is 0.481 e. The van der Waals surface area contributed by atoms with Crippen LogP contribution < -0.4 is 9.47 Å². The van der Waals surface area contributed by atoms with Crippen LogP contribution in [-0.4, -0.2) is 96.3 Å². The molecule has 4 rings (SSSR count). The minimum absolute atomic E-state index is 0.0498. The van der Waals surface area contributed by atoms with Gasteiger partial charge in [-0.3, -0.25) is 14.5 Å². The summed E-state index contributed by atoms with van der Waals surface area (Å²) in [7, 11) is 4.06. The van der Waals surface area contributed by atoms with Gasteiger partial charge in [-0.15, -0.1) is 0 Å². The number of carboxylic acid groups (broad SMARTS) is 1. The van der Waals surface area contributed by atoms with Crippen LogP contribution in [0.4, 0.5) is 0 Å². The van der Waals surface area contributed by atoms with Crippen molar-refractivity contribution in [3.05, 3.63) is 42.1 Å². The van der Waals surface area contributed by atoms with Crippen molar-refractivity contribution in [3.8, 4) is 11.5 Å². The number of hydrogen-bond donors (Lipinski definition) is 1. The normalized spacial score (nSPS) is 20.8. The predicted molar refractivity (Wildman–Crippen MR) is 141 cm³/mol. The summed E-state index contributed by atoms with van der Waals surface area (Å²) in [5, 5.41) is 10.4. The molecular weight excluding hydrogens is 488 g/mol. The van der Waals surface area contributed by atoms with Gasteiger partial charge in [0.25, 0.3) is 0 Å². The number of ether oxygens (including phenoxy) is 2. The zero-order valence-corrected chi connectivity index (χ0v) is 22.7. The van der Waals surface area contributed by atoms with Gasteiger partial charge in [0.2, 0.25) is 12.7 Å². The maximum Gasteiger partial charge on any atom is 0.308 e. The Kier molecular flexibility index (Phi) is 9.63. The summed E-state index contributed by atoms with van der Waals surface area (Å²) in [4.78, 5) is 36.6. The number of likely N-dealkylation sites (tertiary alicyclic amines) is 1. The van der Waals surface area contributed by atoms with E-state index in [9.17, 15) is 14.7 Å². The molecule has 10 nitrogen and oxygen atoms in total. The minimum Gasteiger partial charge on any atom is -0.481 e. The first-order valence-corrected chi connectivity index (χ1v) is 13.5. The number of fused-ring (bicyclic) bond motifs is 1. The first kappa shape index (κ1) is 27.9. The Labute approximate surface area is 224 Å². The number of carboxylic acids is 1. The van der Waals surface area contributed by atoms with E-state index < -0.39 is 11.9 Å². The molecule has 3 heterocycles. The third-order valence-corrected chi connectivity index (χ3v) is 7.50. The van der Waals surface area contributed by atoms with Crippen molar-refractivity contribution < 1.29 is 28.6 Å². The number of benzene rings is 1. The van der Waals surface area contributed by atoms with Crippen molar-refractivity contribution in [2.24, 2.45) is 5.92 Å². The van der Waals surface area contributed by atoms with Crippen molar-refractivity contribution in [1.82, 2.24) is 19.7 Å². The summed E-state index contributed by atoms with van der Waals surface area (Å²) in [6.45, 7) is 5.25. The minimum atomic E-state index is -0.867. The van der Waals surface area contributed by atoms with Crippen LogP contribution in [0.2, 0.25) is 0 Å². The molecule has 1 N–H and O–H groups in total. The second kappa shape index (κ2) is 13.1. The molecule has 1 aromatic heterocycles. The summed E-state index contributed by atoms with van der Waals surface area (Å²) < 4.78 is 16.4. The van der Waals surface area contributed by atoms with Gasteiger partial charge in [-0.2, -0.15) is 0 Å². The van der Waals surface area contributed by atoms with Gasteiger partial charge in [0.1, 0.15) is 6.26 Å². The van der Waals surface area contributed by atoms with E-state index in [1.807, 2.05) is 37.2 Å². The molecule has 2 aromatic rings. The highest BCUT2D eigenvalue weighted by atomic mass is 16.7. The number of rotatable bonds is 14. The van der Waals surface area contributed by atoms with Crippen LogP contribution >= 0.6 is 0 Å². The van der Waals surface area contributed by atoms with E-state index in [4.69, 9.17) is 13.9 Å². The fraction of sp³-hybridized carbons (Fsp3) is 0.607. The molecule has 0 saturated carbocycles. The van der Waals surface area contributed by atoms with Crippen LogP contribution in [0.25, 0.3) is 0 Å². The third kappa shape index (κ3) is 6.85. The average Bonchev–Trinajstić information content (AvgIpc) is 3.64. The Morgan fingerprint density at radius 1 is 1.13 bits per heavy atom. The number of hydrogen-bond acceptors (Lipinski definition) is 8. The monoisotopic (exact) mass is 528 g/mol. The Hall–Kier alpha value is -3.11. The Morgan fingerprint density at radius 3 is 2.63 bits per heavy atom. The van der Waals surface area contributed by atoms with Gasteiger partial charge in [-0.1, -0.05) is 19.4 Å². The number of unbranched alkanes of at least 4 members (excludes halogenated alkanes) is 1. The SMILES string of the molecule is CCCCN(CCCN(C)C)C(=O)CN1C[C@H](c2ccc3c(c2)OCO3)[C@@H](C(=O)O)[C@@H]1CCc1ncco1. The van der Waals surface area contributed by atoms with E-state index in [2.05, 4.69) is 21.7 Å². The zero-order valence-electron chi connectivity index (χ0n) is 22.7. The van der Waals surface area contributed by atoms with Gasteiger partial charge >= 0.3 is 5.97 Å². The number of carbonyl (C=O) groups is 2. The van der Waals surface area contributed by atoms with E-state index in [0.29, 0.717) is 49.9 Å². The lowest BCUT2D eigenvalue weighted by atomic mass is 9.83. The average molecular weight is 529 g/mol. The molecule has 0 radical (unpaired) electrons. The lowest BCUT2D eigenvalue weighted by Crippen LogP contribution is -2.45. The summed E-state index contributed by atoms with van der Waals surface area (Å²) in [6, 6.07) is 5.30. The molecule has 208 valence electrons. The van der Waals surface area contributed by atoms with E-state index in [1.54, 1.807) is 6.20 Å². The molecule has 10 heteroatoms. The molecule has 1 aromatic carbocycles. The number of amides is 1. The van der Waals surface area contributed by atoms with Crippen LogP contribution in [0.3, 0.4) is 0 Å². The van der Waals surface area contributed by atoms with Gasteiger partial charge in [0, 0.05) is 38.0 Å². The third-order valence-electron chi connectivity index (χ3n) is 7.50. The standard InChI is InChI=1S/C28H40N4O6/c1-4-5-13-31(14-6-12-30(2)3)26(33)18-32-17-21(20-7-9-23-24(16-20)38-19-37-23)27(28(34)35)22(32)8-10-25-29-11-15-36-25/h7,9,11,15-16,21-22,27H,4-6,8,10,12-14,17-19H2,1-3H3,(H,34,35)/t21-,22+,27-/m1/s1. The fourth-order valence-corrected chi connectivity index (χ4v) is 5.54. The number of nitrogens with zero attached hydrogens (tertiary/aromatic N) is 4. The summed E-state index contributed by atoms with van der Waals surface area (Å²) >= 11 is 0.